The SMILES string of the molecule is O=S1[CH-]C=[N+](CCO)[CH-]1. The highest BCUT2D eigenvalue weighted by Crippen LogP contribution is 2.00. The number of rotatable bonds is 2. The van der Waals surface area contributed by atoms with Crippen LogP contribution in [0.4, 0.5) is 0 Å². The highest BCUT2D eigenvalue weighted by molar-refractivity contribution is 7.89. The van der Waals surface area contributed by atoms with E-state index in [0.717, 1.165) is 0 Å². The molecule has 1 aliphatic rings. The van der Waals surface area contributed by atoms with E-state index in [1.54, 1.807) is 22.4 Å². The van der Waals surface area contributed by atoms with Crippen LogP contribution in [-0.2, 0) is 10.8 Å². The quantitative estimate of drug-likeness (QED) is 0.405. The van der Waals surface area contributed by atoms with E-state index in [0.29, 0.717) is 6.54 Å². The Morgan fingerprint density at radius 2 is 2.56 bits per heavy atom. The van der Waals surface area contributed by atoms with Crippen molar-refractivity contribution in [3.8, 4) is 0 Å². The Morgan fingerprint density at radius 3 is 3.00 bits per heavy atom. The molecule has 0 aromatic carbocycles. The van der Waals surface area contributed by atoms with Crippen molar-refractivity contribution in [3.63, 3.8) is 0 Å². The fraction of sp³-hybridized carbons (Fsp3) is 0.400. The molecule has 0 fully saturated rings. The van der Waals surface area contributed by atoms with Crippen molar-refractivity contribution in [1.82, 2.24) is 0 Å². The van der Waals surface area contributed by atoms with Gasteiger partial charge in [0.25, 0.3) is 0 Å². The molecule has 3 nitrogen and oxygen atoms in total. The number of aliphatic hydroxyl groups excluding tert-OH is 1. The summed E-state index contributed by atoms with van der Waals surface area (Å²) in [6.45, 7) is 0.625. The maximum atomic E-state index is 10.6. The molecule has 52 valence electrons. The predicted molar refractivity (Wildman–Crippen MR) is 35.0 cm³/mol. The first-order chi connectivity index (χ1) is 4.33. The van der Waals surface area contributed by atoms with Crippen molar-refractivity contribution in [2.75, 3.05) is 13.2 Å². The average molecular weight is 146 g/mol. The van der Waals surface area contributed by atoms with Crippen LogP contribution in [0.15, 0.2) is 0 Å². The van der Waals surface area contributed by atoms with Gasteiger partial charge in [0.1, 0.15) is 6.54 Å². The standard InChI is InChI=1S/C5H8NO2S/c7-3-1-6-2-4-9(8)5-6/h2,4-5,7H,1,3H2/q-1. The maximum Gasteiger partial charge on any atom is 0.137 e. The van der Waals surface area contributed by atoms with Crippen molar-refractivity contribution >= 4 is 17.0 Å². The minimum absolute atomic E-state index is 0.0953. The zero-order valence-corrected chi connectivity index (χ0v) is 5.67. The Balaban J connectivity index is 2.36. The van der Waals surface area contributed by atoms with Gasteiger partial charge in [0.05, 0.1) is 12.5 Å². The molecule has 0 bridgehead atoms. The third-order valence-electron chi connectivity index (χ3n) is 0.984. The van der Waals surface area contributed by atoms with Gasteiger partial charge in [-0.15, -0.1) is 17.0 Å². The van der Waals surface area contributed by atoms with E-state index in [1.807, 2.05) is 0 Å². The van der Waals surface area contributed by atoms with Gasteiger partial charge in [-0.2, -0.15) is 0 Å². The largest absolute Gasteiger partial charge is 0.390 e. The second-order valence-corrected chi connectivity index (χ2v) is 2.82. The first-order valence-electron chi connectivity index (χ1n) is 2.62. The van der Waals surface area contributed by atoms with Crippen molar-refractivity contribution in [1.29, 1.82) is 0 Å². The molecule has 0 radical (unpaired) electrons. The highest BCUT2D eigenvalue weighted by atomic mass is 32.2. The zero-order chi connectivity index (χ0) is 6.69. The van der Waals surface area contributed by atoms with Gasteiger partial charge < -0.3 is 19.6 Å². The van der Waals surface area contributed by atoms with Crippen molar-refractivity contribution < 1.29 is 13.9 Å². The summed E-state index contributed by atoms with van der Waals surface area (Å²) < 4.78 is 12.3. The van der Waals surface area contributed by atoms with Gasteiger partial charge in [-0.3, -0.25) is 0 Å². The van der Waals surface area contributed by atoms with Crippen LogP contribution >= 0.6 is 0 Å². The summed E-state index contributed by atoms with van der Waals surface area (Å²) in [5.41, 5.74) is 0. The second kappa shape index (κ2) is 2.89. The zero-order valence-electron chi connectivity index (χ0n) is 4.86. The van der Waals surface area contributed by atoms with Crippen LogP contribution in [-0.4, -0.2) is 33.3 Å². The number of β-amino-alcohol motifs (C(OH)–C–C–N with tert-alkyl or cyclic N) is 1. The van der Waals surface area contributed by atoms with Crippen LogP contribution in [0.25, 0.3) is 0 Å². The smallest absolute Gasteiger partial charge is 0.137 e. The molecular formula is C5H8NO2S-. The third-order valence-corrected chi connectivity index (χ3v) is 1.85. The van der Waals surface area contributed by atoms with Gasteiger partial charge >= 0.3 is 0 Å². The monoisotopic (exact) mass is 146 g/mol. The lowest BCUT2D eigenvalue weighted by Crippen LogP contribution is -2.10. The molecule has 0 amide bonds. The molecular weight excluding hydrogens is 138 g/mol. The van der Waals surface area contributed by atoms with Gasteiger partial charge in [-0.25, -0.2) is 0 Å². The molecule has 9 heavy (non-hydrogen) atoms. The summed E-state index contributed by atoms with van der Waals surface area (Å²) in [7, 11) is -0.945. The molecule has 0 aliphatic carbocycles. The van der Waals surface area contributed by atoms with Gasteiger partial charge in [-0.05, 0) is 0 Å². The van der Waals surface area contributed by atoms with E-state index in [-0.39, 0.29) is 6.61 Å². The van der Waals surface area contributed by atoms with E-state index in [4.69, 9.17) is 5.11 Å². The van der Waals surface area contributed by atoms with E-state index >= 15 is 0 Å². The van der Waals surface area contributed by atoms with Gasteiger partial charge in [0, 0.05) is 0 Å². The lowest BCUT2D eigenvalue weighted by atomic mass is 10.6. The number of aliphatic hydroxyl groups is 1. The molecule has 0 saturated heterocycles. The first-order valence-corrected chi connectivity index (χ1v) is 3.90. The molecule has 0 spiro atoms. The third kappa shape index (κ3) is 1.73. The van der Waals surface area contributed by atoms with Crippen LogP contribution in [0.3, 0.4) is 0 Å². The second-order valence-electron chi connectivity index (χ2n) is 1.68. The Bertz CT molecular complexity index is 155. The molecule has 0 aromatic heterocycles. The molecule has 1 N–H and O–H groups in total. The van der Waals surface area contributed by atoms with Crippen LogP contribution in [0.2, 0.25) is 0 Å². The molecule has 1 heterocycles. The van der Waals surface area contributed by atoms with Gasteiger partial charge in [-0.1, -0.05) is 0 Å². The molecule has 1 aliphatic heterocycles. The van der Waals surface area contributed by atoms with Gasteiger partial charge in [0.15, 0.2) is 0 Å². The predicted octanol–water partition coefficient (Wildman–Crippen LogP) is -0.895. The van der Waals surface area contributed by atoms with E-state index < -0.39 is 10.8 Å². The molecule has 0 aromatic rings. The summed E-state index contributed by atoms with van der Waals surface area (Å²) >= 11 is 0. The van der Waals surface area contributed by atoms with Crippen molar-refractivity contribution in [2.24, 2.45) is 0 Å². The summed E-state index contributed by atoms with van der Waals surface area (Å²) in [4.78, 5) is 0. The Hall–Kier alpha value is -0.480. The molecule has 1 atom stereocenters. The molecule has 1 rings (SSSR count). The van der Waals surface area contributed by atoms with Crippen LogP contribution in [0.5, 0.6) is 0 Å². The summed E-state index contributed by atoms with van der Waals surface area (Å²) in [5, 5.41) is 8.42. The Morgan fingerprint density at radius 1 is 1.78 bits per heavy atom. The average Bonchev–Trinajstić information content (AvgIpc) is 2.17. The van der Waals surface area contributed by atoms with Crippen molar-refractivity contribution in [3.05, 3.63) is 11.6 Å². The minimum atomic E-state index is -0.945. The Labute approximate surface area is 56.5 Å². The number of nitrogens with zero attached hydrogens (tertiary/aromatic N) is 1. The minimum Gasteiger partial charge on any atom is -0.390 e. The van der Waals surface area contributed by atoms with Crippen LogP contribution in [0, 0.1) is 11.6 Å². The summed E-state index contributed by atoms with van der Waals surface area (Å²) in [6.07, 6.45) is 1.70. The lowest BCUT2D eigenvalue weighted by molar-refractivity contribution is -0.468. The molecule has 4 heteroatoms. The Kier molecular flexibility index (Phi) is 2.13. The fourth-order valence-corrected chi connectivity index (χ4v) is 1.37. The van der Waals surface area contributed by atoms with E-state index in [1.165, 1.54) is 0 Å². The molecule has 1 unspecified atom stereocenters. The van der Waals surface area contributed by atoms with Crippen molar-refractivity contribution in [2.45, 2.75) is 0 Å². The van der Waals surface area contributed by atoms with Crippen LogP contribution in [0.1, 0.15) is 0 Å². The first kappa shape index (κ1) is 6.64. The fourth-order valence-electron chi connectivity index (χ4n) is 0.585. The number of hydrogen-bond acceptors (Lipinski definition) is 2. The molecule has 0 saturated carbocycles. The number of hydrogen-bond donors (Lipinski definition) is 1. The topological polar surface area (TPSA) is 40.3 Å². The van der Waals surface area contributed by atoms with Gasteiger partial charge in [0.2, 0.25) is 0 Å². The summed E-state index contributed by atoms with van der Waals surface area (Å²) in [6, 6.07) is 0. The van der Waals surface area contributed by atoms with E-state index in [2.05, 4.69) is 0 Å². The summed E-state index contributed by atoms with van der Waals surface area (Å²) in [5.74, 6) is 3.14. The lowest BCUT2D eigenvalue weighted by Gasteiger charge is -2.02. The normalized spacial score (nSPS) is 24.6. The maximum absolute atomic E-state index is 10.6. The highest BCUT2D eigenvalue weighted by Gasteiger charge is 1.97. The van der Waals surface area contributed by atoms with Crippen LogP contribution < -0.4 is 0 Å². The van der Waals surface area contributed by atoms with E-state index in [9.17, 15) is 4.21 Å².